The molecule has 0 spiro atoms. The average Bonchev–Trinajstić information content (AvgIpc) is 2.97. The predicted molar refractivity (Wildman–Crippen MR) is 101 cm³/mol. The summed E-state index contributed by atoms with van der Waals surface area (Å²) >= 11 is 0. The van der Waals surface area contributed by atoms with Gasteiger partial charge in [-0.25, -0.2) is 14.8 Å². The summed E-state index contributed by atoms with van der Waals surface area (Å²) in [6.45, 7) is 4.93. The summed E-state index contributed by atoms with van der Waals surface area (Å²) in [6, 6.07) is 7.55. The van der Waals surface area contributed by atoms with Crippen LogP contribution >= 0.6 is 12.4 Å². The molecule has 26 heavy (non-hydrogen) atoms. The number of hydrogen-bond donors (Lipinski definition) is 1. The summed E-state index contributed by atoms with van der Waals surface area (Å²) in [5.41, 5.74) is 1.99. The molecule has 0 aliphatic heterocycles. The van der Waals surface area contributed by atoms with Gasteiger partial charge in [-0.15, -0.1) is 12.4 Å². The van der Waals surface area contributed by atoms with Crippen LogP contribution < -0.4 is 5.32 Å². The molecule has 0 atom stereocenters. The van der Waals surface area contributed by atoms with Crippen LogP contribution in [0.1, 0.15) is 24.3 Å². The zero-order chi connectivity index (χ0) is 18.0. The lowest BCUT2D eigenvalue weighted by Gasteiger charge is -2.10. The van der Waals surface area contributed by atoms with E-state index >= 15 is 0 Å². The van der Waals surface area contributed by atoms with Gasteiger partial charge >= 0.3 is 11.9 Å². The molecule has 0 unspecified atom stereocenters. The minimum atomic E-state index is -0.786. The van der Waals surface area contributed by atoms with E-state index in [1.165, 1.54) is 0 Å². The van der Waals surface area contributed by atoms with Crippen LogP contribution in [0, 0.1) is 5.92 Å². The molecule has 3 rings (SSSR count). The highest BCUT2D eigenvalue weighted by Gasteiger charge is 2.22. The van der Waals surface area contributed by atoms with Crippen molar-refractivity contribution in [2.75, 3.05) is 13.6 Å². The standard InChI is InChI=1S/C18H20N4O3.ClH/c1-11(2)9-22-10-20-15-16(18(24)25-14(23)8-19-3)21-13-7-5-4-6-12(13)17(15)22;/h4-7,10-11,19H,8-9H2,1-3H3;1H. The quantitative estimate of drug-likeness (QED) is 0.544. The molecule has 0 saturated carbocycles. The van der Waals surface area contributed by atoms with E-state index in [4.69, 9.17) is 4.74 Å². The molecule has 3 aromatic rings. The molecule has 0 amide bonds. The van der Waals surface area contributed by atoms with Crippen LogP contribution in [0.15, 0.2) is 30.6 Å². The maximum atomic E-state index is 12.4. The fourth-order valence-corrected chi connectivity index (χ4v) is 2.79. The second-order valence-electron chi connectivity index (χ2n) is 6.26. The van der Waals surface area contributed by atoms with Gasteiger partial charge < -0.3 is 14.6 Å². The van der Waals surface area contributed by atoms with Gasteiger partial charge in [0.15, 0.2) is 5.69 Å². The summed E-state index contributed by atoms with van der Waals surface area (Å²) in [5.74, 6) is -1.03. The van der Waals surface area contributed by atoms with Crippen LogP contribution in [0.25, 0.3) is 21.9 Å². The van der Waals surface area contributed by atoms with Crippen molar-refractivity contribution in [2.24, 2.45) is 5.92 Å². The van der Waals surface area contributed by atoms with Crippen molar-refractivity contribution in [1.82, 2.24) is 19.9 Å². The highest BCUT2D eigenvalue weighted by Crippen LogP contribution is 2.26. The number of halogens is 1. The number of nitrogens with zero attached hydrogens (tertiary/aromatic N) is 3. The number of pyridine rings is 1. The van der Waals surface area contributed by atoms with E-state index in [0.717, 1.165) is 17.4 Å². The monoisotopic (exact) mass is 376 g/mol. The summed E-state index contributed by atoms with van der Waals surface area (Å²) in [7, 11) is 1.60. The molecule has 0 bridgehead atoms. The van der Waals surface area contributed by atoms with E-state index in [1.807, 2.05) is 28.8 Å². The smallest absolute Gasteiger partial charge is 0.366 e. The zero-order valence-electron chi connectivity index (χ0n) is 14.9. The minimum absolute atomic E-state index is 0. The van der Waals surface area contributed by atoms with Gasteiger partial charge in [0.05, 0.1) is 23.9 Å². The summed E-state index contributed by atoms with van der Waals surface area (Å²) in [6.07, 6.45) is 1.70. The first-order chi connectivity index (χ1) is 12.0. The van der Waals surface area contributed by atoms with E-state index in [1.54, 1.807) is 13.4 Å². The number of esters is 2. The Balaban J connectivity index is 0.00000243. The van der Waals surface area contributed by atoms with Crippen molar-refractivity contribution in [3.8, 4) is 0 Å². The van der Waals surface area contributed by atoms with Crippen molar-refractivity contribution in [3.05, 3.63) is 36.3 Å². The first-order valence-electron chi connectivity index (χ1n) is 8.14. The van der Waals surface area contributed by atoms with Crippen molar-refractivity contribution < 1.29 is 14.3 Å². The van der Waals surface area contributed by atoms with Crippen molar-refractivity contribution in [2.45, 2.75) is 20.4 Å². The molecule has 0 saturated heterocycles. The highest BCUT2D eigenvalue weighted by atomic mass is 35.5. The minimum Gasteiger partial charge on any atom is -0.387 e. The zero-order valence-corrected chi connectivity index (χ0v) is 15.7. The molecule has 1 aromatic carbocycles. The number of aromatic nitrogens is 3. The Morgan fingerprint density at radius 2 is 2.00 bits per heavy atom. The number of nitrogens with one attached hydrogen (secondary N) is 1. The molecule has 2 heterocycles. The van der Waals surface area contributed by atoms with E-state index in [9.17, 15) is 9.59 Å². The molecule has 7 nitrogen and oxygen atoms in total. The number of rotatable bonds is 5. The number of imidazole rings is 1. The molecule has 0 aliphatic rings. The number of carbonyl (C=O) groups excluding carboxylic acids is 2. The van der Waals surface area contributed by atoms with Gasteiger partial charge in [-0.3, -0.25) is 4.79 Å². The molecule has 8 heteroatoms. The van der Waals surface area contributed by atoms with Gasteiger partial charge in [0.25, 0.3) is 0 Å². The molecule has 2 aromatic heterocycles. The molecule has 0 fully saturated rings. The van der Waals surface area contributed by atoms with Gasteiger partial charge in [0, 0.05) is 11.9 Å². The van der Waals surface area contributed by atoms with Crippen LogP contribution in [0.2, 0.25) is 0 Å². The Bertz CT molecular complexity index is 952. The van der Waals surface area contributed by atoms with E-state index in [2.05, 4.69) is 29.1 Å². The number of fused-ring (bicyclic) bond motifs is 3. The van der Waals surface area contributed by atoms with E-state index in [-0.39, 0.29) is 24.6 Å². The van der Waals surface area contributed by atoms with Gasteiger partial charge in [0.2, 0.25) is 0 Å². The van der Waals surface area contributed by atoms with Crippen LogP contribution in [-0.2, 0) is 16.1 Å². The first-order valence-corrected chi connectivity index (χ1v) is 8.14. The fraction of sp³-hybridized carbons (Fsp3) is 0.333. The van der Waals surface area contributed by atoms with Crippen LogP contribution in [0.5, 0.6) is 0 Å². The summed E-state index contributed by atoms with van der Waals surface area (Å²) < 4.78 is 6.88. The SMILES string of the molecule is CNCC(=O)OC(=O)c1nc2ccccc2c2c1ncn2CC(C)C.Cl. The number of hydrogen-bond acceptors (Lipinski definition) is 6. The van der Waals surface area contributed by atoms with Crippen molar-refractivity contribution in [3.63, 3.8) is 0 Å². The third-order valence-electron chi connectivity index (χ3n) is 3.74. The maximum absolute atomic E-state index is 12.4. The largest absolute Gasteiger partial charge is 0.387 e. The third-order valence-corrected chi connectivity index (χ3v) is 3.74. The normalized spacial score (nSPS) is 10.9. The summed E-state index contributed by atoms with van der Waals surface area (Å²) in [4.78, 5) is 32.8. The average molecular weight is 377 g/mol. The number of carbonyl (C=O) groups is 2. The summed E-state index contributed by atoms with van der Waals surface area (Å²) in [5, 5.41) is 3.56. The lowest BCUT2D eigenvalue weighted by molar-refractivity contribution is -0.136. The molecule has 0 aliphatic carbocycles. The highest BCUT2D eigenvalue weighted by molar-refractivity contribution is 6.12. The topological polar surface area (TPSA) is 86.1 Å². The number of benzene rings is 1. The molecular formula is C18H21ClN4O3. The lowest BCUT2D eigenvalue weighted by Crippen LogP contribution is -2.24. The van der Waals surface area contributed by atoms with Gasteiger partial charge in [0.1, 0.15) is 5.52 Å². The second kappa shape index (κ2) is 8.25. The predicted octanol–water partition coefficient (Wildman–Crippen LogP) is 2.57. The van der Waals surface area contributed by atoms with Crippen LogP contribution in [0.4, 0.5) is 0 Å². The van der Waals surface area contributed by atoms with E-state index in [0.29, 0.717) is 17.0 Å². The second-order valence-corrected chi connectivity index (χ2v) is 6.26. The van der Waals surface area contributed by atoms with Gasteiger partial charge in [-0.1, -0.05) is 32.0 Å². The van der Waals surface area contributed by atoms with Crippen LogP contribution in [-0.4, -0.2) is 40.1 Å². The van der Waals surface area contributed by atoms with Gasteiger partial charge in [-0.05, 0) is 19.0 Å². The Kier molecular flexibility index (Phi) is 6.28. The van der Waals surface area contributed by atoms with E-state index < -0.39 is 11.9 Å². The Morgan fingerprint density at radius 1 is 1.27 bits per heavy atom. The lowest BCUT2D eigenvalue weighted by atomic mass is 10.1. The number of para-hydroxylation sites is 1. The molecule has 0 radical (unpaired) electrons. The fourth-order valence-electron chi connectivity index (χ4n) is 2.79. The number of likely N-dealkylation sites (N-methyl/N-ethyl adjacent to an activating group) is 1. The number of ether oxygens (including phenoxy) is 1. The third kappa shape index (κ3) is 3.84. The van der Waals surface area contributed by atoms with Crippen molar-refractivity contribution >= 4 is 46.3 Å². The molecule has 1 N–H and O–H groups in total. The van der Waals surface area contributed by atoms with Crippen molar-refractivity contribution in [1.29, 1.82) is 0 Å². The van der Waals surface area contributed by atoms with Gasteiger partial charge in [-0.2, -0.15) is 0 Å². The first kappa shape index (κ1) is 19.8. The molecular weight excluding hydrogens is 356 g/mol. The Morgan fingerprint density at radius 3 is 2.69 bits per heavy atom. The maximum Gasteiger partial charge on any atom is 0.366 e. The Hall–Kier alpha value is -2.51. The van der Waals surface area contributed by atoms with Crippen LogP contribution in [0.3, 0.4) is 0 Å². The Labute approximate surface area is 157 Å². The molecule has 138 valence electrons.